The topological polar surface area (TPSA) is 69.7 Å². The molecule has 0 saturated carbocycles. The summed E-state index contributed by atoms with van der Waals surface area (Å²) in [6.45, 7) is 1.80. The first-order chi connectivity index (χ1) is 11.7. The second kappa shape index (κ2) is 8.03. The Morgan fingerprint density at radius 3 is 2.20 bits per heavy atom. The lowest BCUT2D eigenvalue weighted by atomic mass is 10.2. The molecule has 0 fully saturated rings. The number of esters is 1. The van der Waals surface area contributed by atoms with Gasteiger partial charge in [-0.3, -0.25) is 0 Å². The van der Waals surface area contributed by atoms with Gasteiger partial charge in [-0.1, -0.05) is 35.3 Å². The van der Waals surface area contributed by atoms with Crippen LogP contribution in [0.2, 0.25) is 10.0 Å². The molecule has 0 unspecified atom stereocenters. The van der Waals surface area contributed by atoms with Crippen molar-refractivity contribution in [3.63, 3.8) is 0 Å². The van der Waals surface area contributed by atoms with Crippen LogP contribution >= 0.6 is 23.2 Å². The fraction of sp³-hybridized carbons (Fsp3) is 0.188. The van der Waals surface area contributed by atoms with E-state index in [9.17, 15) is 17.6 Å². The summed E-state index contributed by atoms with van der Waals surface area (Å²) >= 11 is 12.0. The van der Waals surface area contributed by atoms with Gasteiger partial charge < -0.3 is 8.92 Å². The molecule has 0 heterocycles. The number of hydrogen-bond acceptors (Lipinski definition) is 5. The Bertz CT molecular complexity index is 859. The Hall–Kier alpha value is -1.83. The molecule has 2 aromatic rings. The van der Waals surface area contributed by atoms with E-state index in [0.717, 1.165) is 12.1 Å². The van der Waals surface area contributed by atoms with E-state index in [1.54, 1.807) is 6.92 Å². The number of hydrogen-bond donors (Lipinski definition) is 0. The van der Waals surface area contributed by atoms with Crippen LogP contribution in [0.5, 0.6) is 5.75 Å². The van der Waals surface area contributed by atoms with Gasteiger partial charge in [0.15, 0.2) is 5.75 Å². The number of carbonyl (C=O) groups is 1. The van der Waals surface area contributed by atoms with Crippen molar-refractivity contribution in [2.75, 3.05) is 6.61 Å². The van der Waals surface area contributed by atoms with Gasteiger partial charge in [0.2, 0.25) is 0 Å². The quantitative estimate of drug-likeness (QED) is 0.530. The monoisotopic (exact) mass is 406 g/mol. The summed E-state index contributed by atoms with van der Waals surface area (Å²) in [6, 6.07) is 7.33. The molecule has 0 saturated heterocycles. The van der Waals surface area contributed by atoms with Gasteiger partial charge in [0.1, 0.15) is 11.6 Å². The Morgan fingerprint density at radius 1 is 1.12 bits per heavy atom. The van der Waals surface area contributed by atoms with Gasteiger partial charge >= 0.3 is 16.1 Å². The fourth-order valence-electron chi connectivity index (χ4n) is 1.91. The molecule has 0 bridgehead atoms. The molecule has 134 valence electrons. The van der Waals surface area contributed by atoms with E-state index in [2.05, 4.69) is 0 Å². The molecule has 0 aliphatic heterocycles. The fourth-order valence-corrected chi connectivity index (χ4v) is 3.66. The predicted molar refractivity (Wildman–Crippen MR) is 92.1 cm³/mol. The smallest absolute Gasteiger partial charge is 0.338 e. The lowest BCUT2D eigenvalue weighted by Gasteiger charge is -2.11. The maximum atomic E-state index is 12.9. The molecular weight excluding hydrogens is 394 g/mol. The maximum absolute atomic E-state index is 12.9. The van der Waals surface area contributed by atoms with E-state index in [0.29, 0.717) is 5.56 Å². The van der Waals surface area contributed by atoms with E-state index >= 15 is 0 Å². The minimum atomic E-state index is -4.10. The van der Waals surface area contributed by atoms with Crippen molar-refractivity contribution in [2.24, 2.45) is 0 Å². The summed E-state index contributed by atoms with van der Waals surface area (Å²) in [7, 11) is -4.10. The van der Waals surface area contributed by atoms with Crippen LogP contribution in [0.3, 0.4) is 0 Å². The molecule has 0 spiro atoms. The van der Waals surface area contributed by atoms with Gasteiger partial charge in [0.05, 0.1) is 22.2 Å². The zero-order valence-electron chi connectivity index (χ0n) is 13.0. The van der Waals surface area contributed by atoms with Crippen LogP contribution in [0.1, 0.15) is 22.8 Å². The predicted octanol–water partition coefficient (Wildman–Crippen LogP) is 4.22. The van der Waals surface area contributed by atoms with Crippen LogP contribution in [0.4, 0.5) is 4.39 Å². The molecule has 2 aromatic carbocycles. The number of ether oxygens (including phenoxy) is 1. The lowest BCUT2D eigenvalue weighted by Crippen LogP contribution is -2.13. The van der Waals surface area contributed by atoms with Gasteiger partial charge in [-0.15, -0.1) is 0 Å². The minimum Gasteiger partial charge on any atom is -0.462 e. The van der Waals surface area contributed by atoms with E-state index in [1.165, 1.54) is 24.3 Å². The molecule has 0 radical (unpaired) electrons. The Morgan fingerprint density at radius 2 is 1.68 bits per heavy atom. The molecule has 9 heteroatoms. The molecular formula is C16H13Cl2FO5S. The van der Waals surface area contributed by atoms with Crippen molar-refractivity contribution in [3.8, 4) is 5.75 Å². The van der Waals surface area contributed by atoms with Crippen LogP contribution in [0, 0.1) is 5.82 Å². The number of benzene rings is 2. The van der Waals surface area contributed by atoms with E-state index in [1.807, 2.05) is 0 Å². The summed E-state index contributed by atoms with van der Waals surface area (Å²) in [6.07, 6.45) is 0. The van der Waals surface area contributed by atoms with E-state index in [-0.39, 0.29) is 28.0 Å². The second-order valence-corrected chi connectivity index (χ2v) is 7.29. The average Bonchev–Trinajstić information content (AvgIpc) is 2.53. The standard InChI is InChI=1S/C16H13Cl2FO5S/c1-2-23-16(20)11-7-13(17)15(14(18)8-11)24-25(21,22)9-10-3-5-12(19)6-4-10/h3-8H,2,9H2,1H3. The minimum absolute atomic E-state index is 0.0696. The molecule has 5 nitrogen and oxygen atoms in total. The third-order valence-electron chi connectivity index (χ3n) is 2.98. The highest BCUT2D eigenvalue weighted by atomic mass is 35.5. The Balaban J connectivity index is 2.23. The average molecular weight is 407 g/mol. The third-order valence-corrected chi connectivity index (χ3v) is 4.65. The third kappa shape index (κ3) is 5.32. The molecule has 25 heavy (non-hydrogen) atoms. The van der Waals surface area contributed by atoms with Crippen LogP contribution in [0.15, 0.2) is 36.4 Å². The van der Waals surface area contributed by atoms with Gasteiger partial charge in [-0.25, -0.2) is 9.18 Å². The first-order valence-corrected chi connectivity index (χ1v) is 9.38. The maximum Gasteiger partial charge on any atom is 0.338 e. The summed E-state index contributed by atoms with van der Waals surface area (Å²) < 4.78 is 47.0. The highest BCUT2D eigenvalue weighted by Gasteiger charge is 2.21. The van der Waals surface area contributed by atoms with E-state index < -0.39 is 27.7 Å². The summed E-state index contributed by atoms with van der Waals surface area (Å²) in [4.78, 5) is 11.7. The summed E-state index contributed by atoms with van der Waals surface area (Å²) in [5.74, 6) is -1.92. The number of carbonyl (C=O) groups excluding carboxylic acids is 1. The van der Waals surface area contributed by atoms with E-state index in [4.69, 9.17) is 32.1 Å². The highest BCUT2D eigenvalue weighted by Crippen LogP contribution is 2.35. The Labute approximate surface area is 154 Å². The molecule has 0 amide bonds. The molecule has 0 aliphatic rings. The number of halogens is 3. The van der Waals surface area contributed by atoms with Gasteiger partial charge in [-0.2, -0.15) is 8.42 Å². The summed E-state index contributed by atoms with van der Waals surface area (Å²) in [5.41, 5.74) is 0.400. The van der Waals surface area contributed by atoms with Crippen molar-refractivity contribution >= 4 is 39.3 Å². The number of rotatable bonds is 6. The molecule has 0 aromatic heterocycles. The first kappa shape index (κ1) is 19.5. The molecule has 0 atom stereocenters. The van der Waals surface area contributed by atoms with Gasteiger partial charge in [0, 0.05) is 0 Å². The highest BCUT2D eigenvalue weighted by molar-refractivity contribution is 7.86. The normalized spacial score (nSPS) is 11.2. The zero-order chi connectivity index (χ0) is 18.6. The zero-order valence-corrected chi connectivity index (χ0v) is 15.3. The molecule has 2 rings (SSSR count). The SMILES string of the molecule is CCOC(=O)c1cc(Cl)c(OS(=O)(=O)Cc2ccc(F)cc2)c(Cl)c1. The van der Waals surface area contributed by atoms with Crippen LogP contribution in [-0.4, -0.2) is 21.0 Å². The van der Waals surface area contributed by atoms with Crippen LogP contribution < -0.4 is 4.18 Å². The van der Waals surface area contributed by atoms with Crippen molar-refractivity contribution in [1.82, 2.24) is 0 Å². The van der Waals surface area contributed by atoms with Crippen LogP contribution in [0.25, 0.3) is 0 Å². The first-order valence-electron chi connectivity index (χ1n) is 7.04. The van der Waals surface area contributed by atoms with Crippen molar-refractivity contribution in [2.45, 2.75) is 12.7 Å². The lowest BCUT2D eigenvalue weighted by molar-refractivity contribution is 0.0526. The van der Waals surface area contributed by atoms with Crippen LogP contribution in [-0.2, 0) is 20.6 Å². The van der Waals surface area contributed by atoms with Crippen molar-refractivity contribution in [1.29, 1.82) is 0 Å². The van der Waals surface area contributed by atoms with Crippen molar-refractivity contribution < 1.29 is 26.5 Å². The molecule has 0 aliphatic carbocycles. The van der Waals surface area contributed by atoms with Gasteiger partial charge in [0.25, 0.3) is 0 Å². The molecule has 0 N–H and O–H groups in total. The Kier molecular flexibility index (Phi) is 6.26. The second-order valence-electron chi connectivity index (χ2n) is 4.90. The van der Waals surface area contributed by atoms with Crippen molar-refractivity contribution in [3.05, 3.63) is 63.4 Å². The summed E-state index contributed by atoms with van der Waals surface area (Å²) in [5, 5.41) is -0.309. The largest absolute Gasteiger partial charge is 0.462 e. The van der Waals surface area contributed by atoms with Gasteiger partial charge in [-0.05, 0) is 36.8 Å².